The van der Waals surface area contributed by atoms with Gasteiger partial charge in [-0.3, -0.25) is 4.99 Å². The van der Waals surface area contributed by atoms with Crippen molar-refractivity contribution in [1.29, 1.82) is 0 Å². The van der Waals surface area contributed by atoms with Crippen molar-refractivity contribution >= 4 is 29.9 Å². The summed E-state index contributed by atoms with van der Waals surface area (Å²) in [4.78, 5) is 3.96. The number of rotatable bonds is 3. The molecular formula is C12H17F3IN3. The molecule has 3 nitrogen and oxygen atoms in total. The Labute approximate surface area is 127 Å². The minimum absolute atomic E-state index is 0. The molecule has 1 aromatic carbocycles. The quantitative estimate of drug-likeness (QED) is 0.476. The van der Waals surface area contributed by atoms with Crippen molar-refractivity contribution in [3.8, 4) is 0 Å². The van der Waals surface area contributed by atoms with Gasteiger partial charge in [-0.15, -0.1) is 24.0 Å². The van der Waals surface area contributed by atoms with Gasteiger partial charge in [0, 0.05) is 20.1 Å². The molecule has 0 aromatic heterocycles. The second-order valence-corrected chi connectivity index (χ2v) is 3.65. The number of benzene rings is 1. The van der Waals surface area contributed by atoms with Gasteiger partial charge in [0.1, 0.15) is 0 Å². The molecule has 0 spiro atoms. The molecule has 19 heavy (non-hydrogen) atoms. The first-order valence-electron chi connectivity index (χ1n) is 5.58. The van der Waals surface area contributed by atoms with E-state index in [2.05, 4.69) is 15.6 Å². The molecule has 0 aliphatic heterocycles. The van der Waals surface area contributed by atoms with E-state index >= 15 is 0 Å². The molecular weight excluding hydrogens is 370 g/mol. The summed E-state index contributed by atoms with van der Waals surface area (Å²) in [7, 11) is 1.64. The first-order valence-corrected chi connectivity index (χ1v) is 5.58. The van der Waals surface area contributed by atoms with Crippen molar-refractivity contribution in [2.75, 3.05) is 13.6 Å². The van der Waals surface area contributed by atoms with Crippen LogP contribution in [-0.2, 0) is 12.7 Å². The van der Waals surface area contributed by atoms with Crippen LogP contribution < -0.4 is 10.6 Å². The average molecular weight is 387 g/mol. The summed E-state index contributed by atoms with van der Waals surface area (Å²) < 4.78 is 37.0. The van der Waals surface area contributed by atoms with Gasteiger partial charge in [0.25, 0.3) is 0 Å². The molecule has 0 amide bonds. The Hall–Kier alpha value is -0.990. The lowest BCUT2D eigenvalue weighted by Gasteiger charge is -2.11. The smallest absolute Gasteiger partial charge is 0.357 e. The molecule has 0 atom stereocenters. The van der Waals surface area contributed by atoms with Crippen LogP contribution in [0.4, 0.5) is 13.2 Å². The summed E-state index contributed by atoms with van der Waals surface area (Å²) in [5.74, 6) is 0.623. The zero-order chi connectivity index (χ0) is 13.6. The fourth-order valence-corrected chi connectivity index (χ4v) is 1.39. The highest BCUT2D eigenvalue weighted by Crippen LogP contribution is 2.28. The van der Waals surface area contributed by atoms with Crippen molar-refractivity contribution in [3.63, 3.8) is 0 Å². The molecule has 0 aliphatic rings. The highest BCUT2D eigenvalue weighted by Gasteiger charge is 2.29. The lowest BCUT2D eigenvalue weighted by atomic mass is 10.1. The molecule has 7 heteroatoms. The van der Waals surface area contributed by atoms with Crippen molar-refractivity contribution < 1.29 is 13.2 Å². The van der Waals surface area contributed by atoms with Crippen LogP contribution in [0, 0.1) is 0 Å². The molecule has 108 valence electrons. The van der Waals surface area contributed by atoms with Gasteiger partial charge < -0.3 is 10.6 Å². The number of guanidine groups is 1. The number of nitrogens with one attached hydrogen (secondary N) is 2. The third-order valence-corrected chi connectivity index (χ3v) is 2.31. The van der Waals surface area contributed by atoms with Gasteiger partial charge in [-0.1, -0.05) is 12.1 Å². The summed E-state index contributed by atoms with van der Waals surface area (Å²) in [6, 6.07) is 5.06. The van der Waals surface area contributed by atoms with E-state index in [1.54, 1.807) is 7.05 Å². The molecule has 0 fully saturated rings. The van der Waals surface area contributed by atoms with Gasteiger partial charge in [-0.2, -0.15) is 13.2 Å². The molecule has 0 aliphatic carbocycles. The van der Waals surface area contributed by atoms with Crippen LogP contribution in [0.1, 0.15) is 18.1 Å². The lowest BCUT2D eigenvalue weighted by molar-refractivity contribution is -0.137. The van der Waals surface area contributed by atoms with E-state index in [1.165, 1.54) is 12.1 Å². The number of halogens is 4. The summed E-state index contributed by atoms with van der Waals surface area (Å²) in [5.41, 5.74) is 0.129. The monoisotopic (exact) mass is 387 g/mol. The van der Waals surface area contributed by atoms with Crippen LogP contribution in [0.15, 0.2) is 29.3 Å². The topological polar surface area (TPSA) is 36.4 Å². The summed E-state index contributed by atoms with van der Waals surface area (Å²) in [5, 5.41) is 6.00. The Bertz CT molecular complexity index is 402. The van der Waals surface area contributed by atoms with Crippen LogP contribution in [0.5, 0.6) is 0 Å². The third-order valence-electron chi connectivity index (χ3n) is 2.31. The molecule has 0 heterocycles. The summed E-state index contributed by atoms with van der Waals surface area (Å²) >= 11 is 0. The second kappa shape index (κ2) is 8.23. The Morgan fingerprint density at radius 2 is 1.74 bits per heavy atom. The first-order chi connectivity index (χ1) is 8.47. The third kappa shape index (κ3) is 6.13. The van der Waals surface area contributed by atoms with Gasteiger partial charge in [0.05, 0.1) is 5.56 Å². The Morgan fingerprint density at radius 3 is 2.16 bits per heavy atom. The normalized spacial score (nSPS) is 11.7. The zero-order valence-corrected chi connectivity index (χ0v) is 13.0. The SMILES string of the molecule is CCNC(=NC)NCc1ccc(C(F)(F)F)cc1.I. The van der Waals surface area contributed by atoms with Gasteiger partial charge >= 0.3 is 6.18 Å². The number of hydrogen-bond donors (Lipinski definition) is 2. The maximum absolute atomic E-state index is 12.3. The standard InChI is InChI=1S/C12H16F3N3.HI/c1-3-17-11(16-2)18-8-9-4-6-10(7-5-9)12(13,14)15;/h4-7H,3,8H2,1-2H3,(H2,16,17,18);1H. The van der Waals surface area contributed by atoms with Crippen molar-refractivity contribution in [3.05, 3.63) is 35.4 Å². The van der Waals surface area contributed by atoms with Crippen molar-refractivity contribution in [1.82, 2.24) is 10.6 Å². The summed E-state index contributed by atoms with van der Waals surface area (Å²) in [6.07, 6.45) is -4.29. The van der Waals surface area contributed by atoms with Gasteiger partial charge in [-0.25, -0.2) is 0 Å². The average Bonchev–Trinajstić information content (AvgIpc) is 2.34. The molecule has 0 radical (unpaired) electrons. The van der Waals surface area contributed by atoms with Gasteiger partial charge in [-0.05, 0) is 24.6 Å². The Morgan fingerprint density at radius 1 is 1.16 bits per heavy atom. The minimum Gasteiger partial charge on any atom is -0.357 e. The largest absolute Gasteiger partial charge is 0.416 e. The fourth-order valence-electron chi connectivity index (χ4n) is 1.39. The summed E-state index contributed by atoms with van der Waals surface area (Å²) in [6.45, 7) is 3.09. The number of aliphatic imine (C=N–C) groups is 1. The Balaban J connectivity index is 0.00000324. The number of nitrogens with zero attached hydrogens (tertiary/aromatic N) is 1. The van der Waals surface area contributed by atoms with E-state index in [-0.39, 0.29) is 24.0 Å². The molecule has 0 bridgehead atoms. The lowest BCUT2D eigenvalue weighted by Crippen LogP contribution is -2.36. The van der Waals surface area contributed by atoms with E-state index in [1.807, 2.05) is 6.92 Å². The fraction of sp³-hybridized carbons (Fsp3) is 0.417. The van der Waals surface area contributed by atoms with E-state index in [0.717, 1.165) is 24.2 Å². The van der Waals surface area contributed by atoms with E-state index in [4.69, 9.17) is 0 Å². The van der Waals surface area contributed by atoms with E-state index in [9.17, 15) is 13.2 Å². The van der Waals surface area contributed by atoms with Crippen molar-refractivity contribution in [2.45, 2.75) is 19.6 Å². The van der Waals surface area contributed by atoms with E-state index in [0.29, 0.717) is 12.5 Å². The molecule has 2 N–H and O–H groups in total. The van der Waals surface area contributed by atoms with Crippen LogP contribution in [0.25, 0.3) is 0 Å². The second-order valence-electron chi connectivity index (χ2n) is 3.65. The predicted molar refractivity (Wildman–Crippen MR) is 80.7 cm³/mol. The molecule has 1 aromatic rings. The van der Waals surface area contributed by atoms with Crippen LogP contribution in [0.3, 0.4) is 0 Å². The minimum atomic E-state index is -4.29. The van der Waals surface area contributed by atoms with Crippen LogP contribution in [0.2, 0.25) is 0 Å². The number of alkyl halides is 3. The molecule has 0 unspecified atom stereocenters. The zero-order valence-electron chi connectivity index (χ0n) is 10.7. The number of hydrogen-bond acceptors (Lipinski definition) is 1. The highest BCUT2D eigenvalue weighted by molar-refractivity contribution is 14.0. The molecule has 0 saturated carbocycles. The van der Waals surface area contributed by atoms with Crippen LogP contribution >= 0.6 is 24.0 Å². The van der Waals surface area contributed by atoms with E-state index < -0.39 is 11.7 Å². The predicted octanol–water partition coefficient (Wildman–Crippen LogP) is 3.01. The maximum Gasteiger partial charge on any atom is 0.416 e. The van der Waals surface area contributed by atoms with Crippen LogP contribution in [-0.4, -0.2) is 19.6 Å². The van der Waals surface area contributed by atoms with Gasteiger partial charge in [0.15, 0.2) is 5.96 Å². The highest BCUT2D eigenvalue weighted by atomic mass is 127. The molecule has 0 saturated heterocycles. The van der Waals surface area contributed by atoms with Gasteiger partial charge in [0.2, 0.25) is 0 Å². The Kier molecular flexibility index (Phi) is 7.81. The van der Waals surface area contributed by atoms with Crippen molar-refractivity contribution in [2.24, 2.45) is 4.99 Å². The first kappa shape index (κ1) is 18.0. The molecule has 1 rings (SSSR count). The maximum atomic E-state index is 12.3.